The van der Waals surface area contributed by atoms with E-state index < -0.39 is 5.41 Å². The molecule has 0 saturated carbocycles. The lowest BCUT2D eigenvalue weighted by Gasteiger charge is -2.28. The average Bonchev–Trinajstić information content (AvgIpc) is 1.88. The summed E-state index contributed by atoms with van der Waals surface area (Å²) in [5.74, 6) is 0. The third-order valence-corrected chi connectivity index (χ3v) is 1.77. The van der Waals surface area contributed by atoms with Gasteiger partial charge in [-0.15, -0.1) is 0 Å². The predicted octanol–water partition coefficient (Wildman–Crippen LogP) is 0.230. The molecule has 2 N–H and O–H groups in total. The molecule has 0 aromatic rings. The molecule has 11 heavy (non-hydrogen) atoms. The maximum absolute atomic E-state index is 5.38. The summed E-state index contributed by atoms with van der Waals surface area (Å²) in [5, 5.41) is 0. The van der Waals surface area contributed by atoms with Crippen LogP contribution in [0.25, 0.3) is 0 Å². The van der Waals surface area contributed by atoms with Crippen LogP contribution in [0, 0.1) is 0 Å². The van der Waals surface area contributed by atoms with Crippen molar-refractivity contribution in [1.82, 2.24) is 0 Å². The number of hydrogen-bond donors (Lipinski definition) is 1. The fourth-order valence-electron chi connectivity index (χ4n) is 0.842. The van der Waals surface area contributed by atoms with Crippen LogP contribution in [0.2, 0.25) is 0 Å². The van der Waals surface area contributed by atoms with E-state index in [9.17, 15) is 0 Å². The van der Waals surface area contributed by atoms with Crippen LogP contribution in [0.5, 0.6) is 0 Å². The van der Waals surface area contributed by atoms with E-state index in [0.29, 0.717) is 26.2 Å². The van der Waals surface area contributed by atoms with Crippen LogP contribution in [-0.4, -0.2) is 35.4 Å². The maximum atomic E-state index is 5.38. The molecular weight excluding hydrogens is 158 g/mol. The van der Waals surface area contributed by atoms with Crippen LogP contribution in [0.1, 0.15) is 20.3 Å². The third-order valence-electron chi connectivity index (χ3n) is 1.23. The Balaban J connectivity index is 3.79. The number of rotatable bonds is 6. The van der Waals surface area contributed by atoms with Crippen LogP contribution in [-0.2, 0) is 9.47 Å². The molecule has 0 spiro atoms. The second-order valence-electron chi connectivity index (χ2n) is 2.16. The molecule has 65 valence electrons. The fraction of sp³-hybridized carbons (Fsp3) is 1.00. The normalized spacial score (nSPS) is 12.0. The van der Waals surface area contributed by atoms with E-state index >= 15 is 0 Å². The average molecular weight is 174 g/mol. The summed E-state index contributed by atoms with van der Waals surface area (Å²) in [6.07, 6.45) is 0.658. The molecule has 0 atom stereocenters. The van der Waals surface area contributed by atoms with Crippen molar-refractivity contribution >= 4 is 10.2 Å². The second kappa shape index (κ2) is 5.71. The molecule has 0 rings (SSSR count). The lowest BCUT2D eigenvalue weighted by atomic mass is 10.4. The molecule has 0 saturated heterocycles. The van der Waals surface area contributed by atoms with Gasteiger partial charge in [-0.25, -0.2) is 0 Å². The Labute approximate surface area is 71.7 Å². The molecule has 0 amide bonds. The lowest BCUT2D eigenvalue weighted by molar-refractivity contribution is -0.175. The van der Waals surface area contributed by atoms with Gasteiger partial charge in [-0.1, -0.05) is 0 Å². The van der Waals surface area contributed by atoms with E-state index in [4.69, 9.17) is 15.2 Å². The van der Waals surface area contributed by atoms with Crippen LogP contribution in [0.3, 0.4) is 0 Å². The second-order valence-corrected chi connectivity index (χ2v) is 2.92. The van der Waals surface area contributed by atoms with Gasteiger partial charge in [-0.3, -0.25) is 0 Å². The molecule has 0 aromatic carbocycles. The molecule has 0 aliphatic heterocycles. The van der Waals surface area contributed by atoms with Crippen molar-refractivity contribution in [2.75, 3.05) is 19.8 Å². The molecule has 3 radical (unpaired) electrons. The van der Waals surface area contributed by atoms with Gasteiger partial charge in [0.25, 0.3) is 0 Å². The first kappa shape index (κ1) is 11.1. The third kappa shape index (κ3) is 4.52. The van der Waals surface area contributed by atoms with Gasteiger partial charge in [-0.05, 0) is 20.4 Å². The summed E-state index contributed by atoms with van der Waals surface area (Å²) in [6.45, 7) is 5.62. The summed E-state index contributed by atoms with van der Waals surface area (Å²) in [7, 11) is 3.39. The predicted molar refractivity (Wildman–Crippen MR) is 45.4 cm³/mol. The summed E-state index contributed by atoms with van der Waals surface area (Å²) in [6, 6.07) is 0. The van der Waals surface area contributed by atoms with E-state index in [1.54, 1.807) is 0 Å². The van der Waals surface area contributed by atoms with Gasteiger partial charge in [0, 0.05) is 19.6 Å². The van der Waals surface area contributed by atoms with Gasteiger partial charge in [0.1, 0.15) is 15.7 Å². The van der Waals surface area contributed by atoms with Crippen molar-refractivity contribution in [3.05, 3.63) is 0 Å². The minimum atomic E-state index is -0.668. The molecule has 0 bridgehead atoms. The summed E-state index contributed by atoms with van der Waals surface area (Å²) in [4.78, 5) is 0. The Bertz CT molecular complexity index is 83.4. The molecule has 0 heterocycles. The van der Waals surface area contributed by atoms with E-state index in [1.807, 2.05) is 13.8 Å². The van der Waals surface area contributed by atoms with Gasteiger partial charge >= 0.3 is 0 Å². The van der Waals surface area contributed by atoms with Crippen molar-refractivity contribution in [1.29, 1.82) is 0 Å². The van der Waals surface area contributed by atoms with Gasteiger partial charge < -0.3 is 15.2 Å². The Morgan fingerprint density at radius 2 is 1.73 bits per heavy atom. The van der Waals surface area contributed by atoms with E-state index in [1.165, 1.54) is 0 Å². The fourth-order valence-corrected chi connectivity index (χ4v) is 1.28. The molecular formula is C7H16NO2Si. The largest absolute Gasteiger partial charge is 0.355 e. The van der Waals surface area contributed by atoms with Crippen LogP contribution in [0.4, 0.5) is 0 Å². The quantitative estimate of drug-likeness (QED) is 0.463. The van der Waals surface area contributed by atoms with E-state index in [0.717, 1.165) is 0 Å². The van der Waals surface area contributed by atoms with Crippen LogP contribution in [0.15, 0.2) is 0 Å². The van der Waals surface area contributed by atoms with Crippen LogP contribution >= 0.6 is 0 Å². The van der Waals surface area contributed by atoms with Gasteiger partial charge in [0.05, 0.1) is 0 Å². The zero-order chi connectivity index (χ0) is 8.74. The highest BCUT2D eigenvalue weighted by Gasteiger charge is 2.23. The first-order chi connectivity index (χ1) is 5.18. The molecule has 0 aromatic heterocycles. The number of hydrogen-bond acceptors (Lipinski definition) is 3. The van der Waals surface area contributed by atoms with Crippen molar-refractivity contribution in [3.8, 4) is 0 Å². The first-order valence-electron chi connectivity index (χ1n) is 3.91. The van der Waals surface area contributed by atoms with Crippen molar-refractivity contribution in [3.63, 3.8) is 0 Å². The molecule has 0 unspecified atom stereocenters. The molecule has 4 heteroatoms. The van der Waals surface area contributed by atoms with Crippen molar-refractivity contribution in [2.24, 2.45) is 5.73 Å². The Hall–Kier alpha value is 0.0969. The Kier molecular flexibility index (Phi) is 5.76. The molecule has 0 fully saturated rings. The minimum absolute atomic E-state index is 0.545. The van der Waals surface area contributed by atoms with Gasteiger partial charge in [0.2, 0.25) is 0 Å². The van der Waals surface area contributed by atoms with E-state index in [2.05, 4.69) is 10.2 Å². The standard InChI is InChI=1S/C7H16NO2Si/c1-3-9-7(11,5-6-8)10-4-2/h3-6,8H2,1-2H3. The maximum Gasteiger partial charge on any atom is 0.145 e. The zero-order valence-corrected chi connectivity index (χ0v) is 8.22. The minimum Gasteiger partial charge on any atom is -0.355 e. The number of ether oxygens (including phenoxy) is 2. The SMILES string of the molecule is CCOC([Si])(CCN)OCC. The summed E-state index contributed by atoms with van der Waals surface area (Å²) in [5.41, 5.74) is 4.72. The Morgan fingerprint density at radius 1 is 1.27 bits per heavy atom. The first-order valence-corrected chi connectivity index (χ1v) is 4.41. The monoisotopic (exact) mass is 174 g/mol. The topological polar surface area (TPSA) is 44.5 Å². The summed E-state index contributed by atoms with van der Waals surface area (Å²) < 4.78 is 10.6. The molecule has 0 aliphatic carbocycles. The van der Waals surface area contributed by atoms with Crippen molar-refractivity contribution in [2.45, 2.75) is 25.7 Å². The molecule has 3 nitrogen and oxygen atoms in total. The van der Waals surface area contributed by atoms with Crippen molar-refractivity contribution < 1.29 is 9.47 Å². The van der Waals surface area contributed by atoms with Crippen LogP contribution < -0.4 is 5.73 Å². The smallest absolute Gasteiger partial charge is 0.145 e. The molecule has 0 aliphatic rings. The number of nitrogens with two attached hydrogens (primary N) is 1. The Morgan fingerprint density at radius 3 is 2.00 bits per heavy atom. The van der Waals surface area contributed by atoms with Gasteiger partial charge in [0.15, 0.2) is 0 Å². The highest BCUT2D eigenvalue weighted by atomic mass is 28.1. The zero-order valence-electron chi connectivity index (χ0n) is 7.22. The highest BCUT2D eigenvalue weighted by Crippen LogP contribution is 2.12. The summed E-state index contributed by atoms with van der Waals surface area (Å²) >= 11 is 0. The lowest BCUT2D eigenvalue weighted by Crippen LogP contribution is -2.38. The van der Waals surface area contributed by atoms with Gasteiger partial charge in [-0.2, -0.15) is 0 Å². The van der Waals surface area contributed by atoms with E-state index in [-0.39, 0.29) is 0 Å². The highest BCUT2D eigenvalue weighted by molar-refractivity contribution is 6.13.